The summed E-state index contributed by atoms with van der Waals surface area (Å²) < 4.78 is 0. The molecular weight excluding hydrogens is 243 g/mol. The van der Waals surface area contributed by atoms with Gasteiger partial charge in [-0.3, -0.25) is 0 Å². The summed E-state index contributed by atoms with van der Waals surface area (Å²) in [4.78, 5) is 0. The van der Waals surface area contributed by atoms with Gasteiger partial charge < -0.3 is 10.6 Å². The normalized spacial score (nSPS) is 26.7. The Balaban J connectivity index is 0.000000963. The van der Waals surface area contributed by atoms with E-state index in [1.165, 1.54) is 16.7 Å². The second-order valence-electron chi connectivity index (χ2n) is 4.07. The molecule has 0 spiro atoms. The van der Waals surface area contributed by atoms with Crippen LogP contribution >= 0.6 is 24.0 Å². The predicted octanol–water partition coefficient (Wildman–Crippen LogP) is 2.69. The Morgan fingerprint density at radius 2 is 2.06 bits per heavy atom. The molecule has 0 saturated carbocycles. The summed E-state index contributed by atoms with van der Waals surface area (Å²) in [6, 6.07) is 8.93. The van der Waals surface area contributed by atoms with Gasteiger partial charge in [0.25, 0.3) is 0 Å². The van der Waals surface area contributed by atoms with Gasteiger partial charge in [-0.1, -0.05) is 35.9 Å². The van der Waals surface area contributed by atoms with E-state index in [1.807, 2.05) is 0 Å². The standard InChI is InChI=1S/C12H13ClN2.ClH/c13-11-5-9(7-14-11)12-10-4-2-1-3-8(10)6-15-12;/h1-4,7,11-12,14-15H,5-6H2;1H/t11?,12-;/m0./s1. The van der Waals surface area contributed by atoms with Crippen LogP contribution in [0.15, 0.2) is 36.0 Å². The van der Waals surface area contributed by atoms with Gasteiger partial charge >= 0.3 is 0 Å². The van der Waals surface area contributed by atoms with Gasteiger partial charge in [-0.05, 0) is 22.9 Å². The molecular formula is C12H14Cl2N2. The molecule has 3 rings (SSSR count). The smallest absolute Gasteiger partial charge is 0.105 e. The Morgan fingerprint density at radius 1 is 1.25 bits per heavy atom. The number of benzene rings is 1. The van der Waals surface area contributed by atoms with Gasteiger partial charge in [0.2, 0.25) is 0 Å². The van der Waals surface area contributed by atoms with E-state index < -0.39 is 0 Å². The topological polar surface area (TPSA) is 24.1 Å². The zero-order valence-corrected chi connectivity index (χ0v) is 10.3. The first-order valence-electron chi connectivity index (χ1n) is 5.25. The lowest BCUT2D eigenvalue weighted by Crippen LogP contribution is -2.14. The molecule has 0 aliphatic carbocycles. The maximum absolute atomic E-state index is 6.02. The van der Waals surface area contributed by atoms with Gasteiger partial charge in [0, 0.05) is 13.0 Å². The lowest BCUT2D eigenvalue weighted by Gasteiger charge is -2.13. The molecule has 0 aromatic heterocycles. The minimum absolute atomic E-state index is 0. The van der Waals surface area contributed by atoms with Crippen LogP contribution in [-0.4, -0.2) is 5.50 Å². The van der Waals surface area contributed by atoms with Crippen molar-refractivity contribution in [1.82, 2.24) is 10.6 Å². The number of hydrogen-bond donors (Lipinski definition) is 2. The molecule has 1 aromatic rings. The maximum Gasteiger partial charge on any atom is 0.105 e. The van der Waals surface area contributed by atoms with Crippen molar-refractivity contribution in [3.05, 3.63) is 47.2 Å². The van der Waals surface area contributed by atoms with E-state index in [2.05, 4.69) is 41.1 Å². The third-order valence-electron chi connectivity index (χ3n) is 3.10. The van der Waals surface area contributed by atoms with Crippen molar-refractivity contribution in [2.75, 3.05) is 0 Å². The van der Waals surface area contributed by atoms with E-state index in [4.69, 9.17) is 11.6 Å². The minimum atomic E-state index is 0. The van der Waals surface area contributed by atoms with Gasteiger partial charge in [0.1, 0.15) is 5.50 Å². The van der Waals surface area contributed by atoms with Crippen LogP contribution in [-0.2, 0) is 6.54 Å². The molecule has 2 aliphatic rings. The van der Waals surface area contributed by atoms with E-state index in [9.17, 15) is 0 Å². The van der Waals surface area contributed by atoms with Crippen molar-refractivity contribution in [1.29, 1.82) is 0 Å². The molecule has 0 radical (unpaired) electrons. The highest BCUT2D eigenvalue weighted by Gasteiger charge is 2.27. The molecule has 1 aromatic carbocycles. The molecule has 1 unspecified atom stereocenters. The highest BCUT2D eigenvalue weighted by molar-refractivity contribution is 6.20. The van der Waals surface area contributed by atoms with Gasteiger partial charge in [-0.15, -0.1) is 12.4 Å². The number of alkyl halides is 1. The summed E-state index contributed by atoms with van der Waals surface area (Å²) >= 11 is 6.02. The summed E-state index contributed by atoms with van der Waals surface area (Å²) in [5, 5.41) is 6.66. The highest BCUT2D eigenvalue weighted by atomic mass is 35.5. The van der Waals surface area contributed by atoms with Crippen molar-refractivity contribution in [2.24, 2.45) is 0 Å². The van der Waals surface area contributed by atoms with Crippen LogP contribution in [0, 0.1) is 0 Å². The lowest BCUT2D eigenvalue weighted by molar-refractivity contribution is 0.637. The van der Waals surface area contributed by atoms with Crippen molar-refractivity contribution < 1.29 is 0 Å². The number of fused-ring (bicyclic) bond motifs is 1. The van der Waals surface area contributed by atoms with Crippen LogP contribution < -0.4 is 10.6 Å². The Labute approximate surface area is 106 Å². The summed E-state index contributed by atoms with van der Waals surface area (Å²) in [5.74, 6) is 0. The fraction of sp³-hybridized carbons (Fsp3) is 0.333. The second kappa shape index (κ2) is 4.66. The number of halogens is 2. The van der Waals surface area contributed by atoms with Gasteiger partial charge in [0.05, 0.1) is 6.04 Å². The number of rotatable bonds is 1. The van der Waals surface area contributed by atoms with Crippen LogP contribution in [0.5, 0.6) is 0 Å². The minimum Gasteiger partial charge on any atom is -0.375 e. The molecule has 2 N–H and O–H groups in total. The monoisotopic (exact) mass is 256 g/mol. The first kappa shape index (κ1) is 11.8. The van der Waals surface area contributed by atoms with Crippen molar-refractivity contribution in [2.45, 2.75) is 24.5 Å². The van der Waals surface area contributed by atoms with Crippen molar-refractivity contribution >= 4 is 24.0 Å². The Kier molecular flexibility index (Phi) is 3.43. The fourth-order valence-electron chi connectivity index (χ4n) is 2.35. The molecule has 4 heteroatoms. The zero-order valence-electron chi connectivity index (χ0n) is 8.74. The van der Waals surface area contributed by atoms with E-state index in [0.717, 1.165) is 13.0 Å². The Hall–Kier alpha value is -0.700. The van der Waals surface area contributed by atoms with E-state index in [-0.39, 0.29) is 17.9 Å². The molecule has 0 bridgehead atoms. The molecule has 86 valence electrons. The van der Waals surface area contributed by atoms with E-state index in [0.29, 0.717) is 6.04 Å². The highest BCUT2D eigenvalue weighted by Crippen LogP contribution is 2.34. The summed E-state index contributed by atoms with van der Waals surface area (Å²) in [7, 11) is 0. The Bertz CT molecular complexity index is 417. The molecule has 0 amide bonds. The molecule has 16 heavy (non-hydrogen) atoms. The second-order valence-corrected chi connectivity index (χ2v) is 4.60. The average Bonchev–Trinajstić information content (AvgIpc) is 2.83. The van der Waals surface area contributed by atoms with Crippen molar-refractivity contribution in [3.8, 4) is 0 Å². The molecule has 2 heterocycles. The number of hydrogen-bond acceptors (Lipinski definition) is 2. The predicted molar refractivity (Wildman–Crippen MR) is 68.7 cm³/mol. The largest absolute Gasteiger partial charge is 0.375 e. The molecule has 2 atom stereocenters. The van der Waals surface area contributed by atoms with Gasteiger partial charge in [-0.2, -0.15) is 0 Å². The zero-order chi connectivity index (χ0) is 10.3. The Morgan fingerprint density at radius 3 is 2.81 bits per heavy atom. The first-order valence-corrected chi connectivity index (χ1v) is 5.68. The summed E-state index contributed by atoms with van der Waals surface area (Å²) in [5.41, 5.74) is 4.23. The van der Waals surface area contributed by atoms with Crippen LogP contribution in [0.3, 0.4) is 0 Å². The third-order valence-corrected chi connectivity index (χ3v) is 3.38. The van der Waals surface area contributed by atoms with Gasteiger partial charge in [0.15, 0.2) is 0 Å². The third kappa shape index (κ3) is 1.93. The van der Waals surface area contributed by atoms with Crippen LogP contribution in [0.2, 0.25) is 0 Å². The molecule has 2 nitrogen and oxygen atoms in total. The van der Waals surface area contributed by atoms with Crippen molar-refractivity contribution in [3.63, 3.8) is 0 Å². The van der Waals surface area contributed by atoms with Crippen LogP contribution in [0.1, 0.15) is 23.6 Å². The number of nitrogens with one attached hydrogen (secondary N) is 2. The SMILES string of the molecule is Cl.ClC1CC([C@@H]2NCc3ccccc32)=CN1. The average molecular weight is 257 g/mol. The van der Waals surface area contributed by atoms with E-state index in [1.54, 1.807) is 0 Å². The molecule has 0 saturated heterocycles. The fourth-order valence-corrected chi connectivity index (χ4v) is 2.59. The summed E-state index contributed by atoms with van der Waals surface area (Å²) in [6.07, 6.45) is 2.98. The lowest BCUT2D eigenvalue weighted by atomic mass is 9.98. The van der Waals surface area contributed by atoms with Crippen LogP contribution in [0.25, 0.3) is 0 Å². The first-order chi connectivity index (χ1) is 7.34. The quantitative estimate of drug-likeness (QED) is 0.597. The molecule has 0 fully saturated rings. The summed E-state index contributed by atoms with van der Waals surface area (Å²) in [6.45, 7) is 0.963. The van der Waals surface area contributed by atoms with Crippen LogP contribution in [0.4, 0.5) is 0 Å². The van der Waals surface area contributed by atoms with Gasteiger partial charge in [-0.25, -0.2) is 0 Å². The maximum atomic E-state index is 6.02. The molecule has 2 aliphatic heterocycles. The van der Waals surface area contributed by atoms with E-state index >= 15 is 0 Å².